The summed E-state index contributed by atoms with van der Waals surface area (Å²) in [5, 5.41) is 14.6. The molecule has 1 aliphatic carbocycles. The van der Waals surface area contributed by atoms with Crippen LogP contribution in [-0.4, -0.2) is 23.5 Å². The summed E-state index contributed by atoms with van der Waals surface area (Å²) in [6, 6.07) is 12.7. The fourth-order valence-corrected chi connectivity index (χ4v) is 3.40. The smallest absolute Gasteiger partial charge is 0.319 e. The predicted molar refractivity (Wildman–Crippen MR) is 110 cm³/mol. The molecule has 0 spiro atoms. The van der Waals surface area contributed by atoms with Crippen molar-refractivity contribution in [3.8, 4) is 0 Å². The number of hydrogen-bond donors (Lipinski definition) is 3. The molecule has 152 valence electrons. The monoisotopic (exact) mass is 396 g/mol. The van der Waals surface area contributed by atoms with Gasteiger partial charge in [0.15, 0.2) is 5.78 Å². The van der Waals surface area contributed by atoms with Crippen molar-refractivity contribution in [3.05, 3.63) is 77.1 Å². The highest BCUT2D eigenvalue weighted by Gasteiger charge is 2.19. The molecule has 0 aromatic heterocycles. The molecule has 2 aromatic rings. The summed E-state index contributed by atoms with van der Waals surface area (Å²) in [6.07, 6.45) is 4.65. The topological polar surface area (TPSA) is 78.4 Å². The number of hydrogen-bond acceptors (Lipinski definition) is 3. The number of urea groups is 1. The summed E-state index contributed by atoms with van der Waals surface area (Å²) in [7, 11) is 0. The zero-order chi connectivity index (χ0) is 20.6. The first-order chi connectivity index (χ1) is 14.0. The lowest BCUT2D eigenvalue weighted by molar-refractivity contribution is -0.114. The van der Waals surface area contributed by atoms with Crippen LogP contribution in [0.2, 0.25) is 0 Å². The lowest BCUT2D eigenvalue weighted by Crippen LogP contribution is -2.28. The molecule has 0 bridgehead atoms. The number of aliphatic hydroxyl groups is 1. The van der Waals surface area contributed by atoms with Crippen molar-refractivity contribution in [2.24, 2.45) is 5.92 Å². The van der Waals surface area contributed by atoms with Crippen molar-refractivity contribution >= 4 is 17.5 Å². The van der Waals surface area contributed by atoms with E-state index in [4.69, 9.17) is 0 Å². The van der Waals surface area contributed by atoms with Crippen LogP contribution in [0.3, 0.4) is 0 Å². The summed E-state index contributed by atoms with van der Waals surface area (Å²) < 4.78 is 12.9. The molecule has 2 amide bonds. The number of halogens is 1. The summed E-state index contributed by atoms with van der Waals surface area (Å²) in [5.41, 5.74) is 3.42. The van der Waals surface area contributed by atoms with Gasteiger partial charge in [-0.25, -0.2) is 9.18 Å². The minimum absolute atomic E-state index is 0.0522. The van der Waals surface area contributed by atoms with Crippen molar-refractivity contribution in [2.75, 3.05) is 11.9 Å². The van der Waals surface area contributed by atoms with Gasteiger partial charge >= 0.3 is 6.03 Å². The van der Waals surface area contributed by atoms with Crippen LogP contribution in [0.4, 0.5) is 14.9 Å². The largest absolute Gasteiger partial charge is 0.396 e. The molecule has 0 saturated heterocycles. The number of benzene rings is 2. The molecular weight excluding hydrogens is 371 g/mol. The number of rotatable bonds is 7. The maximum Gasteiger partial charge on any atom is 0.319 e. The second kappa shape index (κ2) is 9.98. The number of amides is 2. The number of carbonyl (C=O) groups is 2. The van der Waals surface area contributed by atoms with Gasteiger partial charge in [-0.2, -0.15) is 0 Å². The van der Waals surface area contributed by atoms with E-state index in [9.17, 15) is 19.1 Å². The quantitative estimate of drug-likeness (QED) is 0.620. The molecule has 29 heavy (non-hydrogen) atoms. The standard InChI is InChI=1S/C23H25FN2O3/c24-20-7-3-17(4-8-20)14-25-23(29)26-21-9-5-16(6-10-21)12-22(28)13-18-1-2-19(11-18)15-27/h3-10,13,19,27H,1-2,11-12,14-15H2,(H2,25,26,29)/b18-13+. The van der Waals surface area contributed by atoms with E-state index in [1.165, 1.54) is 12.1 Å². The van der Waals surface area contributed by atoms with Crippen molar-refractivity contribution in [3.63, 3.8) is 0 Å². The van der Waals surface area contributed by atoms with Gasteiger partial charge in [-0.1, -0.05) is 29.8 Å². The number of anilines is 1. The average Bonchev–Trinajstić information content (AvgIpc) is 3.16. The van der Waals surface area contributed by atoms with Gasteiger partial charge in [-0.3, -0.25) is 4.79 Å². The predicted octanol–water partition coefficient (Wildman–Crippen LogP) is 3.98. The minimum atomic E-state index is -0.359. The minimum Gasteiger partial charge on any atom is -0.396 e. The zero-order valence-corrected chi connectivity index (χ0v) is 16.2. The van der Waals surface area contributed by atoms with Gasteiger partial charge in [0.1, 0.15) is 5.82 Å². The van der Waals surface area contributed by atoms with E-state index in [-0.39, 0.29) is 30.2 Å². The van der Waals surface area contributed by atoms with E-state index >= 15 is 0 Å². The second-order valence-electron chi connectivity index (χ2n) is 7.37. The SMILES string of the molecule is O=C(/C=C1\CCC(CO)C1)Cc1ccc(NC(=O)NCc2ccc(F)cc2)cc1. The molecule has 0 radical (unpaired) electrons. The van der Waals surface area contributed by atoms with E-state index in [1.54, 1.807) is 30.3 Å². The molecule has 0 aliphatic heterocycles. The van der Waals surface area contributed by atoms with E-state index < -0.39 is 0 Å². The Bertz CT molecular complexity index is 876. The Balaban J connectivity index is 1.45. The van der Waals surface area contributed by atoms with Crippen molar-refractivity contribution in [1.82, 2.24) is 5.32 Å². The van der Waals surface area contributed by atoms with Gasteiger partial charge in [0.05, 0.1) is 0 Å². The summed E-state index contributed by atoms with van der Waals surface area (Å²) in [4.78, 5) is 24.2. The van der Waals surface area contributed by atoms with Gasteiger partial charge in [0.25, 0.3) is 0 Å². The lowest BCUT2D eigenvalue weighted by Gasteiger charge is -2.08. The number of ketones is 1. The summed E-state index contributed by atoms with van der Waals surface area (Å²) >= 11 is 0. The number of aliphatic hydroxyl groups excluding tert-OH is 1. The molecule has 5 nitrogen and oxygen atoms in total. The van der Waals surface area contributed by atoms with E-state index in [0.29, 0.717) is 18.7 Å². The molecule has 1 aliphatic rings. The Kier molecular flexibility index (Phi) is 7.14. The first-order valence-electron chi connectivity index (χ1n) is 9.73. The molecule has 2 aromatic carbocycles. The zero-order valence-electron chi connectivity index (χ0n) is 16.2. The van der Waals surface area contributed by atoms with Crippen LogP contribution in [0, 0.1) is 11.7 Å². The maximum atomic E-state index is 12.9. The Morgan fingerprint density at radius 1 is 1.07 bits per heavy atom. The van der Waals surface area contributed by atoms with Crippen molar-refractivity contribution < 1.29 is 19.1 Å². The molecule has 0 heterocycles. The van der Waals surface area contributed by atoms with Crippen molar-refractivity contribution in [2.45, 2.75) is 32.2 Å². The van der Waals surface area contributed by atoms with Crippen LogP contribution in [0.25, 0.3) is 0 Å². The first-order valence-corrected chi connectivity index (χ1v) is 9.73. The number of nitrogens with one attached hydrogen (secondary N) is 2. The Labute approximate surface area is 169 Å². The molecule has 1 unspecified atom stereocenters. The summed E-state index contributed by atoms with van der Waals surface area (Å²) in [6.45, 7) is 0.474. The third kappa shape index (κ3) is 6.54. The molecule has 6 heteroatoms. The number of allylic oxidation sites excluding steroid dienone is 2. The third-order valence-electron chi connectivity index (χ3n) is 5.00. The van der Waals surface area contributed by atoms with Gasteiger partial charge in [-0.15, -0.1) is 0 Å². The molecular formula is C23H25FN2O3. The third-order valence-corrected chi connectivity index (χ3v) is 5.00. The van der Waals surface area contributed by atoms with Crippen LogP contribution < -0.4 is 10.6 Å². The van der Waals surface area contributed by atoms with E-state index in [1.807, 2.05) is 12.1 Å². The van der Waals surface area contributed by atoms with E-state index in [2.05, 4.69) is 10.6 Å². The van der Waals surface area contributed by atoms with Crippen LogP contribution in [0.5, 0.6) is 0 Å². The first kappa shape index (κ1) is 20.7. The van der Waals surface area contributed by atoms with Crippen LogP contribution >= 0.6 is 0 Å². The van der Waals surface area contributed by atoms with Gasteiger partial charge in [-0.05, 0) is 66.6 Å². The van der Waals surface area contributed by atoms with Crippen molar-refractivity contribution in [1.29, 1.82) is 0 Å². The van der Waals surface area contributed by atoms with E-state index in [0.717, 1.165) is 36.0 Å². The Morgan fingerprint density at radius 3 is 2.41 bits per heavy atom. The Morgan fingerprint density at radius 2 is 1.76 bits per heavy atom. The summed E-state index contributed by atoms with van der Waals surface area (Å²) in [5.74, 6) is 0.0236. The van der Waals surface area contributed by atoms with Gasteiger partial charge in [0, 0.05) is 25.3 Å². The van der Waals surface area contributed by atoms with Gasteiger partial charge < -0.3 is 15.7 Å². The fraction of sp³-hybridized carbons (Fsp3) is 0.304. The normalized spacial score (nSPS) is 17.3. The molecule has 1 atom stereocenters. The highest BCUT2D eigenvalue weighted by atomic mass is 19.1. The molecule has 3 N–H and O–H groups in total. The van der Waals surface area contributed by atoms with Crippen LogP contribution in [0.1, 0.15) is 30.4 Å². The highest BCUT2D eigenvalue weighted by molar-refractivity contribution is 5.92. The van der Waals surface area contributed by atoms with Crippen LogP contribution in [-0.2, 0) is 17.8 Å². The lowest BCUT2D eigenvalue weighted by atomic mass is 10.0. The molecule has 1 fully saturated rings. The van der Waals surface area contributed by atoms with Gasteiger partial charge in [0.2, 0.25) is 0 Å². The molecule has 1 saturated carbocycles. The average molecular weight is 396 g/mol. The Hall–Kier alpha value is -2.99. The second-order valence-corrected chi connectivity index (χ2v) is 7.37. The fourth-order valence-electron chi connectivity index (χ4n) is 3.40. The highest BCUT2D eigenvalue weighted by Crippen LogP contribution is 2.29. The van der Waals surface area contributed by atoms with Crippen LogP contribution in [0.15, 0.2) is 60.2 Å². The molecule has 3 rings (SSSR count). The number of carbonyl (C=O) groups excluding carboxylic acids is 2. The maximum absolute atomic E-state index is 12.9.